The lowest BCUT2D eigenvalue weighted by Crippen LogP contribution is -2.33. The number of fused-ring (bicyclic) bond motifs is 1. The molecule has 0 saturated heterocycles. The smallest absolute Gasteiger partial charge is 0.259 e. The van der Waals surface area contributed by atoms with Crippen molar-refractivity contribution in [2.45, 2.75) is 13.5 Å². The van der Waals surface area contributed by atoms with E-state index in [1.807, 2.05) is 79.7 Å². The van der Waals surface area contributed by atoms with E-state index in [1.165, 1.54) is 0 Å². The summed E-state index contributed by atoms with van der Waals surface area (Å²) in [6.07, 6.45) is 0. The Bertz CT molecular complexity index is 1280. The number of hydrogen-bond donors (Lipinski definition) is 1. The zero-order valence-electron chi connectivity index (χ0n) is 17.0. The Kier molecular flexibility index (Phi) is 6.18. The summed E-state index contributed by atoms with van der Waals surface area (Å²) in [4.78, 5) is 30.8. The van der Waals surface area contributed by atoms with Gasteiger partial charge >= 0.3 is 0 Å². The van der Waals surface area contributed by atoms with Crippen LogP contribution in [0.5, 0.6) is 5.75 Å². The van der Waals surface area contributed by atoms with Gasteiger partial charge in [0.05, 0.1) is 18.7 Å². The molecule has 4 aromatic rings. The molecule has 1 heterocycles. The van der Waals surface area contributed by atoms with Crippen LogP contribution in [0, 0.1) is 0 Å². The molecule has 0 atom stereocenters. The number of hydrogen-bond acceptors (Lipinski definition) is 3. The molecule has 1 amide bonds. The van der Waals surface area contributed by atoms with Crippen molar-refractivity contribution < 1.29 is 9.53 Å². The van der Waals surface area contributed by atoms with Crippen LogP contribution < -0.4 is 15.2 Å². The number of nitrogens with zero attached hydrogens (tertiary/aromatic N) is 1. The average molecular weight is 477 g/mol. The minimum absolute atomic E-state index is 0.133. The Labute approximate surface area is 188 Å². The summed E-state index contributed by atoms with van der Waals surface area (Å²) in [5, 5.41) is 0.914. The van der Waals surface area contributed by atoms with E-state index in [-0.39, 0.29) is 18.0 Å². The number of carbonyl (C=O) groups excluding carboxylic acids is 1. The number of ether oxygens (including phenoxy) is 1. The molecule has 3 aromatic carbocycles. The first kappa shape index (κ1) is 20.9. The van der Waals surface area contributed by atoms with Gasteiger partial charge in [0.1, 0.15) is 5.75 Å². The predicted molar refractivity (Wildman–Crippen MR) is 127 cm³/mol. The number of rotatable bonds is 6. The number of benzene rings is 3. The van der Waals surface area contributed by atoms with Crippen molar-refractivity contribution in [1.29, 1.82) is 0 Å². The quantitative estimate of drug-likeness (QED) is 0.397. The van der Waals surface area contributed by atoms with Crippen LogP contribution in [0.2, 0.25) is 0 Å². The predicted octanol–water partition coefficient (Wildman–Crippen LogP) is 5.54. The van der Waals surface area contributed by atoms with Gasteiger partial charge in [0.15, 0.2) is 0 Å². The molecule has 0 aliphatic carbocycles. The number of halogens is 1. The van der Waals surface area contributed by atoms with Crippen molar-refractivity contribution in [3.05, 3.63) is 105 Å². The van der Waals surface area contributed by atoms with Crippen LogP contribution in [0.3, 0.4) is 0 Å². The second-order valence-corrected chi connectivity index (χ2v) is 7.86. The van der Waals surface area contributed by atoms with Gasteiger partial charge in [-0.05, 0) is 76.8 Å². The van der Waals surface area contributed by atoms with Crippen LogP contribution in [0.25, 0.3) is 10.9 Å². The number of nitrogens with one attached hydrogen (secondary N) is 1. The van der Waals surface area contributed by atoms with Crippen molar-refractivity contribution in [2.75, 3.05) is 11.5 Å². The van der Waals surface area contributed by atoms with Crippen molar-refractivity contribution in [3.63, 3.8) is 0 Å². The Hall–Kier alpha value is -3.38. The Morgan fingerprint density at radius 1 is 1.00 bits per heavy atom. The molecule has 0 saturated carbocycles. The van der Waals surface area contributed by atoms with Crippen molar-refractivity contribution in [2.24, 2.45) is 0 Å². The van der Waals surface area contributed by atoms with E-state index in [4.69, 9.17) is 4.74 Å². The lowest BCUT2D eigenvalue weighted by atomic mass is 10.1. The maximum atomic E-state index is 13.5. The average Bonchev–Trinajstić information content (AvgIpc) is 2.78. The highest BCUT2D eigenvalue weighted by molar-refractivity contribution is 9.10. The highest BCUT2D eigenvalue weighted by Gasteiger charge is 2.21. The summed E-state index contributed by atoms with van der Waals surface area (Å²) in [7, 11) is 0. The fraction of sp³-hybridized carbons (Fsp3) is 0.120. The van der Waals surface area contributed by atoms with E-state index in [2.05, 4.69) is 20.9 Å². The van der Waals surface area contributed by atoms with Gasteiger partial charge in [0.2, 0.25) is 0 Å². The summed E-state index contributed by atoms with van der Waals surface area (Å²) in [5.74, 6) is 0.521. The Morgan fingerprint density at radius 3 is 2.45 bits per heavy atom. The fourth-order valence-corrected chi connectivity index (χ4v) is 3.88. The number of pyridine rings is 1. The molecule has 31 heavy (non-hydrogen) atoms. The lowest BCUT2D eigenvalue weighted by Gasteiger charge is -2.24. The summed E-state index contributed by atoms with van der Waals surface area (Å²) >= 11 is 3.47. The second-order valence-electron chi connectivity index (χ2n) is 7.01. The Morgan fingerprint density at radius 2 is 1.71 bits per heavy atom. The van der Waals surface area contributed by atoms with Crippen LogP contribution in [-0.4, -0.2) is 17.5 Å². The molecular weight excluding hydrogens is 456 g/mol. The van der Waals surface area contributed by atoms with Crippen LogP contribution in [0.15, 0.2) is 88.1 Å². The molecule has 0 bridgehead atoms. The number of anilines is 1. The van der Waals surface area contributed by atoms with E-state index in [0.717, 1.165) is 16.7 Å². The molecular formula is C25H21BrN2O3. The first-order chi connectivity index (χ1) is 15.1. The first-order valence-corrected chi connectivity index (χ1v) is 10.8. The molecule has 0 aliphatic heterocycles. The molecule has 0 aliphatic rings. The highest BCUT2D eigenvalue weighted by Crippen LogP contribution is 2.26. The lowest BCUT2D eigenvalue weighted by molar-refractivity contribution is 0.0984. The maximum absolute atomic E-state index is 13.5. The van der Waals surface area contributed by atoms with Crippen molar-refractivity contribution >= 4 is 38.4 Å². The zero-order chi connectivity index (χ0) is 21.8. The molecule has 4 rings (SSSR count). The highest BCUT2D eigenvalue weighted by atomic mass is 79.9. The van der Waals surface area contributed by atoms with Crippen LogP contribution in [0.4, 0.5) is 5.69 Å². The normalized spacial score (nSPS) is 10.8. The van der Waals surface area contributed by atoms with E-state index in [0.29, 0.717) is 27.9 Å². The van der Waals surface area contributed by atoms with Crippen molar-refractivity contribution in [1.82, 2.24) is 4.98 Å². The Balaban J connectivity index is 1.77. The van der Waals surface area contributed by atoms with Gasteiger partial charge in [0, 0.05) is 21.2 Å². The number of aromatic amines is 1. The third-order valence-electron chi connectivity index (χ3n) is 4.97. The number of aromatic nitrogens is 1. The fourth-order valence-electron chi connectivity index (χ4n) is 3.43. The molecule has 0 spiro atoms. The standard InChI is InChI=1S/C25H21BrN2O3/c1-2-31-20-13-11-19(12-14-20)28(25(30)21-8-4-5-9-22(21)26)16-18-15-17-7-3-6-10-23(17)27-24(18)29/h3-15H,2,16H2,1H3,(H,27,29). The second kappa shape index (κ2) is 9.18. The summed E-state index contributed by atoms with van der Waals surface area (Å²) in [5.41, 5.74) is 2.26. The monoisotopic (exact) mass is 476 g/mol. The number of para-hydroxylation sites is 1. The summed E-state index contributed by atoms with van der Waals surface area (Å²) in [6.45, 7) is 2.61. The molecule has 156 valence electrons. The summed E-state index contributed by atoms with van der Waals surface area (Å²) in [6, 6.07) is 24.0. The van der Waals surface area contributed by atoms with E-state index < -0.39 is 0 Å². The largest absolute Gasteiger partial charge is 0.494 e. The van der Waals surface area contributed by atoms with Gasteiger partial charge in [-0.3, -0.25) is 9.59 Å². The molecule has 5 nitrogen and oxygen atoms in total. The van der Waals surface area contributed by atoms with E-state index in [9.17, 15) is 9.59 Å². The third kappa shape index (κ3) is 4.54. The molecule has 0 fully saturated rings. The molecule has 1 aromatic heterocycles. The van der Waals surface area contributed by atoms with Crippen molar-refractivity contribution in [3.8, 4) is 5.75 Å². The van der Waals surface area contributed by atoms with Gasteiger partial charge in [-0.1, -0.05) is 30.3 Å². The van der Waals surface area contributed by atoms with Gasteiger partial charge < -0.3 is 14.6 Å². The van der Waals surface area contributed by atoms with Gasteiger partial charge in [-0.25, -0.2) is 0 Å². The zero-order valence-corrected chi connectivity index (χ0v) is 18.6. The minimum Gasteiger partial charge on any atom is -0.494 e. The molecule has 6 heteroatoms. The molecule has 1 N–H and O–H groups in total. The SMILES string of the molecule is CCOc1ccc(N(Cc2cc3ccccc3[nH]c2=O)C(=O)c2ccccc2Br)cc1. The number of carbonyl (C=O) groups is 1. The van der Waals surface area contributed by atoms with Crippen LogP contribution in [0.1, 0.15) is 22.8 Å². The van der Waals surface area contributed by atoms with E-state index >= 15 is 0 Å². The van der Waals surface area contributed by atoms with Crippen LogP contribution in [-0.2, 0) is 6.54 Å². The maximum Gasteiger partial charge on any atom is 0.259 e. The first-order valence-electron chi connectivity index (χ1n) is 9.97. The topological polar surface area (TPSA) is 62.4 Å². The molecule has 0 radical (unpaired) electrons. The van der Waals surface area contributed by atoms with Gasteiger partial charge in [-0.15, -0.1) is 0 Å². The summed E-state index contributed by atoms with van der Waals surface area (Å²) < 4.78 is 6.22. The van der Waals surface area contributed by atoms with E-state index in [1.54, 1.807) is 11.0 Å². The van der Waals surface area contributed by atoms with Gasteiger partial charge in [0.25, 0.3) is 11.5 Å². The number of amides is 1. The van der Waals surface area contributed by atoms with Crippen LogP contribution >= 0.6 is 15.9 Å². The van der Waals surface area contributed by atoms with Gasteiger partial charge in [-0.2, -0.15) is 0 Å². The molecule has 0 unspecified atom stereocenters. The number of H-pyrrole nitrogens is 1. The minimum atomic E-state index is -0.213. The third-order valence-corrected chi connectivity index (χ3v) is 5.66.